The lowest BCUT2D eigenvalue weighted by Crippen LogP contribution is -2.29. The average molecular weight is 547 g/mol. The van der Waals surface area contributed by atoms with Crippen molar-refractivity contribution in [2.45, 2.75) is 58.2 Å². The molecule has 0 unspecified atom stereocenters. The van der Waals surface area contributed by atoms with Gasteiger partial charge in [0.25, 0.3) is 11.5 Å². The second-order valence-corrected chi connectivity index (χ2v) is 10.3. The number of rotatable bonds is 12. The second kappa shape index (κ2) is 13.0. The van der Waals surface area contributed by atoms with Crippen LogP contribution in [-0.4, -0.2) is 55.3 Å². The van der Waals surface area contributed by atoms with Crippen molar-refractivity contribution in [2.24, 2.45) is 0 Å². The summed E-state index contributed by atoms with van der Waals surface area (Å²) in [4.78, 5) is 30.8. The fourth-order valence-corrected chi connectivity index (χ4v) is 4.87. The van der Waals surface area contributed by atoms with Gasteiger partial charge in [0.05, 0.1) is 12.2 Å². The summed E-state index contributed by atoms with van der Waals surface area (Å²) in [5.74, 6) is -0.336. The zero-order valence-electron chi connectivity index (χ0n) is 20.8. The molecule has 35 heavy (non-hydrogen) atoms. The molecule has 1 amide bonds. The minimum absolute atomic E-state index is 0.0696. The molecular formula is C26H36BrN5O3. The largest absolute Gasteiger partial charge is 0.382 e. The van der Waals surface area contributed by atoms with Crippen LogP contribution in [0.3, 0.4) is 0 Å². The number of carbonyl (C=O) groups excluding carboxylic acids is 1. The molecule has 8 nitrogen and oxygen atoms in total. The highest BCUT2D eigenvalue weighted by molar-refractivity contribution is 9.10. The number of benzene rings is 1. The minimum Gasteiger partial charge on any atom is -0.382 e. The van der Waals surface area contributed by atoms with Crippen LogP contribution in [0.2, 0.25) is 0 Å². The molecule has 1 saturated carbocycles. The van der Waals surface area contributed by atoms with Crippen molar-refractivity contribution >= 4 is 33.7 Å². The van der Waals surface area contributed by atoms with Crippen LogP contribution in [0.5, 0.6) is 0 Å². The van der Waals surface area contributed by atoms with Crippen LogP contribution in [0, 0.1) is 12.3 Å². The first kappa shape index (κ1) is 27.1. The molecule has 1 aromatic heterocycles. The Kier molecular flexibility index (Phi) is 10.1. The molecule has 1 aromatic carbocycles. The van der Waals surface area contributed by atoms with E-state index < -0.39 is 0 Å². The fraction of sp³-hybridized carbons (Fsp3) is 0.500. The number of nitrogens with zero attached hydrogens (tertiary/aromatic N) is 1. The number of halogens is 1. The second-order valence-electron chi connectivity index (χ2n) is 9.36. The van der Waals surface area contributed by atoms with Crippen molar-refractivity contribution in [1.82, 2.24) is 15.2 Å². The number of anilines is 1. The predicted molar refractivity (Wildman–Crippen MR) is 144 cm³/mol. The monoisotopic (exact) mass is 545 g/mol. The van der Waals surface area contributed by atoms with E-state index in [9.17, 15) is 9.59 Å². The van der Waals surface area contributed by atoms with E-state index in [0.717, 1.165) is 47.2 Å². The van der Waals surface area contributed by atoms with E-state index in [1.807, 2.05) is 33.2 Å². The summed E-state index contributed by atoms with van der Waals surface area (Å²) in [6.45, 7) is 3.72. The zero-order valence-corrected chi connectivity index (χ0v) is 22.4. The summed E-state index contributed by atoms with van der Waals surface area (Å²) in [6, 6.07) is 5.86. The molecule has 0 saturated heterocycles. The first-order valence-corrected chi connectivity index (χ1v) is 12.9. The van der Waals surface area contributed by atoms with Gasteiger partial charge in [-0.25, -0.2) is 0 Å². The quantitative estimate of drug-likeness (QED) is 0.236. The summed E-state index contributed by atoms with van der Waals surface area (Å²) in [5, 5.41) is 14.3. The Labute approximate surface area is 215 Å². The summed E-state index contributed by atoms with van der Waals surface area (Å²) in [5.41, 5.74) is 3.46. The lowest BCUT2D eigenvalue weighted by molar-refractivity contribution is 0.0948. The number of aromatic amines is 1. The van der Waals surface area contributed by atoms with Gasteiger partial charge in [0.15, 0.2) is 0 Å². The maximum Gasteiger partial charge on any atom is 0.253 e. The van der Waals surface area contributed by atoms with Crippen LogP contribution in [0.15, 0.2) is 27.5 Å². The molecule has 1 aliphatic rings. The highest BCUT2D eigenvalue weighted by Crippen LogP contribution is 2.29. The number of nitrogens with one attached hydrogen (secondary N) is 4. The van der Waals surface area contributed by atoms with Crippen LogP contribution < -0.4 is 16.2 Å². The van der Waals surface area contributed by atoms with Crippen LogP contribution in [0.1, 0.15) is 64.8 Å². The van der Waals surface area contributed by atoms with Crippen LogP contribution in [0.4, 0.5) is 5.69 Å². The summed E-state index contributed by atoms with van der Waals surface area (Å²) in [6.07, 6.45) is 6.65. The molecule has 0 bridgehead atoms. The molecule has 4 N–H and O–H groups in total. The standard InChI is InChI=1S/C26H36BrN5O3/c1-17-11-18(16-35-10-6-9-32(2)3)23(26(34)30-17)15-29-25(33)21-12-19(27)13-24(22(21)14-28)31-20-7-4-5-8-20/h11-14,20,28,31H,4-10,15-16H2,1-3H3,(H,29,33)(H,30,34). The van der Waals surface area contributed by atoms with Crippen molar-refractivity contribution in [3.8, 4) is 0 Å². The molecule has 190 valence electrons. The van der Waals surface area contributed by atoms with Gasteiger partial charge < -0.3 is 30.7 Å². The van der Waals surface area contributed by atoms with E-state index in [-0.39, 0.29) is 18.0 Å². The number of H-pyrrole nitrogens is 1. The Balaban J connectivity index is 1.73. The van der Waals surface area contributed by atoms with Gasteiger partial charge in [0.2, 0.25) is 0 Å². The normalized spacial score (nSPS) is 13.9. The van der Waals surface area contributed by atoms with Crippen molar-refractivity contribution in [2.75, 3.05) is 32.6 Å². The van der Waals surface area contributed by atoms with Gasteiger partial charge in [-0.3, -0.25) is 9.59 Å². The Hall–Kier alpha value is -2.49. The SMILES string of the molecule is Cc1cc(COCCCN(C)C)c(CNC(=O)c2cc(Br)cc(NC3CCCC3)c2C=N)c(=O)[nH]1. The van der Waals surface area contributed by atoms with Crippen molar-refractivity contribution in [1.29, 1.82) is 5.41 Å². The van der Waals surface area contributed by atoms with E-state index in [1.165, 1.54) is 19.1 Å². The molecule has 0 atom stereocenters. The number of aryl methyl sites for hydroxylation is 1. The Morgan fingerprint density at radius 3 is 2.71 bits per heavy atom. The number of carbonyl (C=O) groups is 1. The van der Waals surface area contributed by atoms with E-state index in [4.69, 9.17) is 10.1 Å². The number of aromatic nitrogens is 1. The topological polar surface area (TPSA) is 110 Å². The number of amides is 1. The lowest BCUT2D eigenvalue weighted by atomic mass is 10.0. The van der Waals surface area contributed by atoms with Gasteiger partial charge in [-0.15, -0.1) is 0 Å². The maximum atomic E-state index is 13.2. The van der Waals surface area contributed by atoms with E-state index in [1.54, 1.807) is 6.07 Å². The van der Waals surface area contributed by atoms with Gasteiger partial charge in [-0.2, -0.15) is 0 Å². The molecule has 0 radical (unpaired) electrons. The van der Waals surface area contributed by atoms with E-state index in [2.05, 4.69) is 36.4 Å². The number of pyridine rings is 1. The molecule has 1 heterocycles. The highest BCUT2D eigenvalue weighted by atomic mass is 79.9. The molecule has 0 spiro atoms. The Morgan fingerprint density at radius 2 is 2.03 bits per heavy atom. The van der Waals surface area contributed by atoms with Crippen LogP contribution in [-0.2, 0) is 17.9 Å². The molecular weight excluding hydrogens is 510 g/mol. The number of ether oxygens (including phenoxy) is 1. The first-order valence-electron chi connectivity index (χ1n) is 12.1. The number of hydrogen-bond donors (Lipinski definition) is 4. The summed E-state index contributed by atoms with van der Waals surface area (Å²) < 4.78 is 6.57. The third-order valence-electron chi connectivity index (χ3n) is 6.19. The van der Waals surface area contributed by atoms with Crippen LogP contribution >= 0.6 is 15.9 Å². The summed E-state index contributed by atoms with van der Waals surface area (Å²) in [7, 11) is 4.04. The Bertz CT molecular complexity index is 1090. The smallest absolute Gasteiger partial charge is 0.253 e. The van der Waals surface area contributed by atoms with Gasteiger partial charge in [0.1, 0.15) is 0 Å². The predicted octanol–water partition coefficient (Wildman–Crippen LogP) is 4.20. The molecule has 9 heteroatoms. The van der Waals surface area contributed by atoms with E-state index in [0.29, 0.717) is 35.9 Å². The fourth-order valence-electron chi connectivity index (χ4n) is 4.41. The van der Waals surface area contributed by atoms with Crippen LogP contribution in [0.25, 0.3) is 0 Å². The maximum absolute atomic E-state index is 13.2. The highest BCUT2D eigenvalue weighted by Gasteiger charge is 2.20. The van der Waals surface area contributed by atoms with Gasteiger partial charge in [-0.05, 0) is 70.6 Å². The van der Waals surface area contributed by atoms with Gasteiger partial charge >= 0.3 is 0 Å². The van der Waals surface area contributed by atoms with Gasteiger partial charge in [0, 0.05) is 52.4 Å². The van der Waals surface area contributed by atoms with Crippen molar-refractivity contribution < 1.29 is 9.53 Å². The molecule has 2 aromatic rings. The molecule has 3 rings (SSSR count). The average Bonchev–Trinajstić information content (AvgIpc) is 3.30. The number of hydrogen-bond acceptors (Lipinski definition) is 6. The zero-order chi connectivity index (χ0) is 25.4. The third-order valence-corrected chi connectivity index (χ3v) is 6.65. The Morgan fingerprint density at radius 1 is 1.29 bits per heavy atom. The first-order chi connectivity index (χ1) is 16.8. The molecule has 0 aliphatic heterocycles. The van der Waals surface area contributed by atoms with Crippen molar-refractivity contribution in [3.63, 3.8) is 0 Å². The van der Waals surface area contributed by atoms with Crippen molar-refractivity contribution in [3.05, 3.63) is 61.0 Å². The lowest BCUT2D eigenvalue weighted by Gasteiger charge is -2.18. The third kappa shape index (κ3) is 7.75. The molecule has 1 fully saturated rings. The van der Waals surface area contributed by atoms with E-state index >= 15 is 0 Å². The minimum atomic E-state index is -0.336. The van der Waals surface area contributed by atoms with Gasteiger partial charge in [-0.1, -0.05) is 28.8 Å². The summed E-state index contributed by atoms with van der Waals surface area (Å²) >= 11 is 3.50. The molecule has 1 aliphatic carbocycles.